The van der Waals surface area contributed by atoms with E-state index in [-0.39, 0.29) is 0 Å². The number of hydrogen-bond acceptors (Lipinski definition) is 5. The molecule has 5 nitrogen and oxygen atoms in total. The molecule has 128 valence electrons. The Bertz CT molecular complexity index is 779. The Morgan fingerprint density at radius 2 is 1.48 bits per heavy atom. The molecule has 0 fully saturated rings. The third-order valence-electron chi connectivity index (χ3n) is 3.64. The van der Waals surface area contributed by atoms with Gasteiger partial charge in [0.25, 0.3) is 0 Å². The summed E-state index contributed by atoms with van der Waals surface area (Å²) in [4.78, 5) is 8.70. The predicted octanol–water partition coefficient (Wildman–Crippen LogP) is 3.81. The van der Waals surface area contributed by atoms with Crippen LogP contribution in [-0.2, 0) is 24.6 Å². The fourth-order valence-corrected chi connectivity index (χ4v) is 2.33. The molecular weight excluding hydrogens is 314 g/mol. The summed E-state index contributed by atoms with van der Waals surface area (Å²) >= 11 is 0. The quantitative estimate of drug-likeness (QED) is 0.678. The Balaban J connectivity index is 1.65. The summed E-state index contributed by atoms with van der Waals surface area (Å²) in [5, 5.41) is 2.94. The highest BCUT2D eigenvalue weighted by molar-refractivity contribution is 5.33. The summed E-state index contributed by atoms with van der Waals surface area (Å²) in [6.07, 6.45) is 1.68. The van der Waals surface area contributed by atoms with Crippen molar-refractivity contribution in [1.29, 1.82) is 0 Å². The minimum atomic E-state index is 0.357. The normalized spacial score (nSPS) is 10.4. The van der Waals surface area contributed by atoms with Crippen molar-refractivity contribution in [3.05, 3.63) is 83.7 Å². The smallest absolute Gasteiger partial charge is 0.222 e. The van der Waals surface area contributed by atoms with E-state index in [0.717, 1.165) is 16.8 Å². The third-order valence-corrected chi connectivity index (χ3v) is 3.64. The van der Waals surface area contributed by atoms with Gasteiger partial charge in [-0.05, 0) is 11.1 Å². The largest absolute Gasteiger partial charge is 0.485 e. The first kappa shape index (κ1) is 16.9. The molecule has 0 aliphatic heterocycles. The maximum absolute atomic E-state index is 5.89. The van der Waals surface area contributed by atoms with E-state index in [1.807, 2.05) is 60.7 Å². The summed E-state index contributed by atoms with van der Waals surface area (Å²) in [5.41, 5.74) is 2.94. The molecule has 0 bridgehead atoms. The maximum Gasteiger partial charge on any atom is 0.222 e. The van der Waals surface area contributed by atoms with Crippen LogP contribution in [0.2, 0.25) is 0 Å². The number of hydrogen-bond donors (Lipinski definition) is 1. The van der Waals surface area contributed by atoms with E-state index in [2.05, 4.69) is 15.3 Å². The van der Waals surface area contributed by atoms with Crippen LogP contribution in [-0.4, -0.2) is 17.0 Å². The molecule has 1 aromatic heterocycles. The molecule has 1 N–H and O–H groups in total. The Hall–Kier alpha value is -2.92. The molecule has 0 aliphatic carbocycles. The van der Waals surface area contributed by atoms with Crippen molar-refractivity contribution in [2.75, 3.05) is 12.4 Å². The lowest BCUT2D eigenvalue weighted by Crippen LogP contribution is -2.06. The van der Waals surface area contributed by atoms with Gasteiger partial charge in [-0.1, -0.05) is 60.7 Å². The van der Waals surface area contributed by atoms with Crippen molar-refractivity contribution in [2.45, 2.75) is 19.8 Å². The van der Waals surface area contributed by atoms with Gasteiger partial charge in [0.1, 0.15) is 12.3 Å². The van der Waals surface area contributed by atoms with Gasteiger partial charge in [-0.15, -0.1) is 0 Å². The molecule has 0 radical (unpaired) electrons. The van der Waals surface area contributed by atoms with Crippen molar-refractivity contribution in [1.82, 2.24) is 9.97 Å². The number of benzene rings is 2. The molecule has 0 spiro atoms. The molecule has 5 heteroatoms. The lowest BCUT2D eigenvalue weighted by Gasteiger charge is -2.12. The second kappa shape index (κ2) is 8.80. The second-order valence-electron chi connectivity index (χ2n) is 5.51. The van der Waals surface area contributed by atoms with Gasteiger partial charge < -0.3 is 14.8 Å². The van der Waals surface area contributed by atoms with Crippen molar-refractivity contribution >= 4 is 5.95 Å². The summed E-state index contributed by atoms with van der Waals surface area (Å²) in [6, 6.07) is 20.1. The molecule has 3 aromatic rings. The first-order chi connectivity index (χ1) is 12.3. The zero-order valence-corrected chi connectivity index (χ0v) is 14.2. The van der Waals surface area contributed by atoms with E-state index in [9.17, 15) is 0 Å². The number of nitrogens with one attached hydrogen (secondary N) is 1. The monoisotopic (exact) mass is 335 g/mol. The van der Waals surface area contributed by atoms with Crippen LogP contribution >= 0.6 is 0 Å². The molecule has 25 heavy (non-hydrogen) atoms. The van der Waals surface area contributed by atoms with E-state index < -0.39 is 0 Å². The van der Waals surface area contributed by atoms with Crippen LogP contribution in [0.25, 0.3) is 0 Å². The summed E-state index contributed by atoms with van der Waals surface area (Å²) < 4.78 is 11.7. The lowest BCUT2D eigenvalue weighted by molar-refractivity contribution is 0.101. The maximum atomic E-state index is 5.89. The fraction of sp³-hybridized carbons (Fsp3) is 0.200. The second-order valence-corrected chi connectivity index (χ2v) is 5.51. The average Bonchev–Trinajstić information content (AvgIpc) is 2.68. The molecule has 1 heterocycles. The van der Waals surface area contributed by atoms with Crippen molar-refractivity contribution in [3.8, 4) is 5.75 Å². The number of aromatic nitrogens is 2. The van der Waals surface area contributed by atoms with E-state index in [0.29, 0.717) is 31.5 Å². The van der Waals surface area contributed by atoms with Gasteiger partial charge in [-0.25, -0.2) is 9.97 Å². The van der Waals surface area contributed by atoms with Crippen LogP contribution in [0.15, 0.2) is 66.9 Å². The average molecular weight is 335 g/mol. The highest BCUT2D eigenvalue weighted by Crippen LogP contribution is 2.20. The highest BCUT2D eigenvalue weighted by Gasteiger charge is 2.09. The van der Waals surface area contributed by atoms with Gasteiger partial charge in [0.2, 0.25) is 5.95 Å². The predicted molar refractivity (Wildman–Crippen MR) is 97.3 cm³/mol. The van der Waals surface area contributed by atoms with E-state index >= 15 is 0 Å². The Morgan fingerprint density at radius 1 is 0.840 bits per heavy atom. The van der Waals surface area contributed by atoms with Crippen LogP contribution in [0.1, 0.15) is 16.8 Å². The fourth-order valence-electron chi connectivity index (χ4n) is 2.33. The molecule has 0 saturated heterocycles. The Labute approximate surface area is 147 Å². The number of nitrogens with zero attached hydrogens (tertiary/aromatic N) is 2. The number of rotatable bonds is 8. The first-order valence-corrected chi connectivity index (χ1v) is 8.17. The first-order valence-electron chi connectivity index (χ1n) is 8.17. The van der Waals surface area contributed by atoms with Gasteiger partial charge in [0.05, 0.1) is 19.4 Å². The minimum absolute atomic E-state index is 0.357. The van der Waals surface area contributed by atoms with Gasteiger partial charge in [-0.3, -0.25) is 0 Å². The molecule has 0 atom stereocenters. The van der Waals surface area contributed by atoms with Crippen LogP contribution in [0, 0.1) is 0 Å². The minimum Gasteiger partial charge on any atom is -0.485 e. The van der Waals surface area contributed by atoms with Crippen LogP contribution < -0.4 is 10.1 Å². The molecule has 0 unspecified atom stereocenters. The molecule has 3 rings (SSSR count). The third kappa shape index (κ3) is 5.02. The summed E-state index contributed by atoms with van der Waals surface area (Å²) in [5.74, 6) is 1.18. The van der Waals surface area contributed by atoms with Gasteiger partial charge >= 0.3 is 0 Å². The molecule has 0 amide bonds. The zero-order chi connectivity index (χ0) is 17.3. The van der Waals surface area contributed by atoms with Crippen LogP contribution in [0.3, 0.4) is 0 Å². The zero-order valence-electron chi connectivity index (χ0n) is 14.2. The van der Waals surface area contributed by atoms with Crippen molar-refractivity contribution < 1.29 is 9.47 Å². The van der Waals surface area contributed by atoms with Crippen LogP contribution in [0.5, 0.6) is 5.75 Å². The number of anilines is 1. The van der Waals surface area contributed by atoms with Gasteiger partial charge in [0, 0.05) is 7.05 Å². The van der Waals surface area contributed by atoms with Crippen molar-refractivity contribution in [3.63, 3.8) is 0 Å². The summed E-state index contributed by atoms with van der Waals surface area (Å²) in [6.45, 7) is 1.35. The summed E-state index contributed by atoms with van der Waals surface area (Å²) in [7, 11) is 1.79. The van der Waals surface area contributed by atoms with Gasteiger partial charge in [0.15, 0.2) is 5.75 Å². The lowest BCUT2D eigenvalue weighted by atomic mass is 10.2. The Kier molecular flexibility index (Phi) is 5.96. The topological polar surface area (TPSA) is 56.3 Å². The molecule has 0 saturated carbocycles. The van der Waals surface area contributed by atoms with E-state index in [4.69, 9.17) is 9.47 Å². The van der Waals surface area contributed by atoms with E-state index in [1.165, 1.54) is 0 Å². The molecule has 0 aliphatic rings. The number of ether oxygens (including phenoxy) is 2. The molecular formula is C20H21N3O2. The SMILES string of the molecule is CNc1ncc(OCc2ccccc2)c(COCc2ccccc2)n1. The van der Waals surface area contributed by atoms with Gasteiger partial charge in [-0.2, -0.15) is 0 Å². The highest BCUT2D eigenvalue weighted by atomic mass is 16.5. The van der Waals surface area contributed by atoms with Crippen LogP contribution in [0.4, 0.5) is 5.95 Å². The molecule has 2 aromatic carbocycles. The Morgan fingerprint density at radius 3 is 2.12 bits per heavy atom. The van der Waals surface area contributed by atoms with Crippen molar-refractivity contribution in [2.24, 2.45) is 0 Å². The standard InChI is InChI=1S/C20H21N3O2/c1-21-20-22-12-19(25-14-17-10-6-3-7-11-17)18(23-20)15-24-13-16-8-4-2-5-9-16/h2-12H,13-15H2,1H3,(H,21,22,23). The van der Waals surface area contributed by atoms with E-state index in [1.54, 1.807) is 13.2 Å².